The van der Waals surface area contributed by atoms with Crippen molar-refractivity contribution in [1.29, 1.82) is 0 Å². The summed E-state index contributed by atoms with van der Waals surface area (Å²) in [6.07, 6.45) is -7.35. The van der Waals surface area contributed by atoms with Gasteiger partial charge in [0.25, 0.3) is 0 Å². The first-order chi connectivity index (χ1) is 7.15. The second kappa shape index (κ2) is 5.21. The molecule has 3 N–H and O–H groups in total. The molecule has 0 aromatic carbocycles. The molecule has 0 aromatic heterocycles. The van der Waals surface area contributed by atoms with Crippen molar-refractivity contribution in [2.24, 2.45) is 5.11 Å². The van der Waals surface area contributed by atoms with Gasteiger partial charge in [-0.05, 0) is 10.1 Å². The molecule has 0 aromatic rings. The molecule has 0 spiro atoms. The summed E-state index contributed by atoms with van der Waals surface area (Å²) < 4.78 is 16.8. The van der Waals surface area contributed by atoms with Crippen LogP contribution in [0.4, 0.5) is 4.53 Å². The van der Waals surface area contributed by atoms with Crippen molar-refractivity contribution >= 4 is 0 Å². The predicted octanol–water partition coefficient (Wildman–Crippen LogP) is -0.995. The number of nitrogens with zero attached hydrogens (tertiary/aromatic N) is 3. The van der Waals surface area contributed by atoms with E-state index in [0.29, 0.717) is 0 Å². The molecule has 1 rings (SSSR count). The lowest BCUT2D eigenvalue weighted by molar-refractivity contribution is -0.300. The first-order valence-electron chi connectivity index (χ1n) is 4.09. The van der Waals surface area contributed by atoms with Crippen molar-refractivity contribution in [3.05, 3.63) is 10.4 Å². The van der Waals surface area contributed by atoms with E-state index in [1.807, 2.05) is 0 Å². The average Bonchev–Trinajstić information content (AvgIpc) is 2.24. The normalized spacial score (nSPS) is 40.9. The summed E-state index contributed by atoms with van der Waals surface area (Å²) in [7, 11) is 0. The second-order valence-electron chi connectivity index (χ2n) is 2.99. The highest BCUT2D eigenvalue weighted by molar-refractivity contribution is 4.91. The van der Waals surface area contributed by atoms with E-state index in [1.54, 1.807) is 0 Å². The van der Waals surface area contributed by atoms with Crippen molar-refractivity contribution in [2.75, 3.05) is 6.61 Å². The van der Waals surface area contributed by atoms with Gasteiger partial charge in [-0.2, -0.15) is 4.94 Å². The molecular formula is C6H10FN3O5. The number of azide groups is 1. The summed E-state index contributed by atoms with van der Waals surface area (Å²) in [5.41, 5.74) is 8.14. The Kier molecular flexibility index (Phi) is 4.21. The van der Waals surface area contributed by atoms with Crippen LogP contribution < -0.4 is 0 Å². The van der Waals surface area contributed by atoms with E-state index < -0.39 is 37.3 Å². The number of halogens is 1. The molecule has 8 nitrogen and oxygen atoms in total. The standard InChI is InChI=1S/C6H10FN3O5/c7-15-5-4(13)3(12)2(1-11)14-6(5)9-10-8/h2-6,11-13H,1H2/t2-,3-,4+,5-,6?/m1/s1. The number of hydrogen-bond donors (Lipinski definition) is 3. The van der Waals surface area contributed by atoms with E-state index in [9.17, 15) is 14.7 Å². The van der Waals surface area contributed by atoms with Gasteiger partial charge in [-0.1, -0.05) is 5.11 Å². The van der Waals surface area contributed by atoms with Crippen LogP contribution in [0.1, 0.15) is 0 Å². The second-order valence-corrected chi connectivity index (χ2v) is 2.99. The van der Waals surface area contributed by atoms with Gasteiger partial charge < -0.3 is 20.1 Å². The molecule has 0 radical (unpaired) electrons. The van der Waals surface area contributed by atoms with Crippen molar-refractivity contribution in [2.45, 2.75) is 30.6 Å². The topological polar surface area (TPSA) is 128 Å². The molecule has 5 atom stereocenters. The van der Waals surface area contributed by atoms with Gasteiger partial charge in [-0.3, -0.25) is 0 Å². The zero-order chi connectivity index (χ0) is 11.4. The molecule has 0 saturated carbocycles. The molecule has 0 amide bonds. The summed E-state index contributed by atoms with van der Waals surface area (Å²) in [6.45, 7) is -0.602. The molecular weight excluding hydrogens is 213 g/mol. The van der Waals surface area contributed by atoms with Gasteiger partial charge in [-0.25, -0.2) is 0 Å². The Bertz CT molecular complexity index is 261. The fourth-order valence-corrected chi connectivity index (χ4v) is 1.31. The van der Waals surface area contributed by atoms with E-state index in [4.69, 9.17) is 15.4 Å². The van der Waals surface area contributed by atoms with Crippen LogP contribution in [0.2, 0.25) is 0 Å². The molecule has 0 aliphatic carbocycles. The van der Waals surface area contributed by atoms with Crippen molar-refractivity contribution < 1.29 is 29.5 Å². The highest BCUT2D eigenvalue weighted by Gasteiger charge is 2.45. The fourth-order valence-electron chi connectivity index (χ4n) is 1.31. The molecule has 15 heavy (non-hydrogen) atoms. The van der Waals surface area contributed by atoms with Gasteiger partial charge in [0.2, 0.25) is 0 Å². The van der Waals surface area contributed by atoms with E-state index in [0.717, 1.165) is 0 Å². The number of aliphatic hydroxyl groups excluding tert-OH is 3. The van der Waals surface area contributed by atoms with Crippen LogP contribution in [0.3, 0.4) is 0 Å². The van der Waals surface area contributed by atoms with E-state index in [2.05, 4.69) is 15.0 Å². The minimum absolute atomic E-state index is 0.602. The summed E-state index contributed by atoms with van der Waals surface area (Å²) in [4.78, 5) is 5.72. The van der Waals surface area contributed by atoms with Gasteiger partial charge in [-0.15, -0.1) is 0 Å². The summed E-state index contributed by atoms with van der Waals surface area (Å²) >= 11 is 0. The SMILES string of the molecule is [N-]=[N+]=NC1O[C@H](CO)[C@@H](O)[C@H](O)[C@H]1OF. The molecule has 86 valence electrons. The summed E-state index contributed by atoms with van der Waals surface area (Å²) in [5, 5.41) is 30.4. The van der Waals surface area contributed by atoms with Crippen LogP contribution in [-0.2, 0) is 9.68 Å². The predicted molar refractivity (Wildman–Crippen MR) is 42.9 cm³/mol. The zero-order valence-electron chi connectivity index (χ0n) is 7.47. The monoisotopic (exact) mass is 223 g/mol. The number of hydrogen-bond acceptors (Lipinski definition) is 6. The third kappa shape index (κ3) is 2.34. The van der Waals surface area contributed by atoms with E-state index in [1.165, 1.54) is 0 Å². The van der Waals surface area contributed by atoms with E-state index in [-0.39, 0.29) is 0 Å². The molecule has 1 aliphatic rings. The van der Waals surface area contributed by atoms with Gasteiger partial charge in [0.15, 0.2) is 12.3 Å². The lowest BCUT2D eigenvalue weighted by atomic mass is 9.99. The van der Waals surface area contributed by atoms with Gasteiger partial charge in [0.05, 0.1) is 6.61 Å². The van der Waals surface area contributed by atoms with Crippen molar-refractivity contribution in [1.82, 2.24) is 0 Å². The van der Waals surface area contributed by atoms with Crippen LogP contribution in [0.25, 0.3) is 10.4 Å². The van der Waals surface area contributed by atoms with Gasteiger partial charge in [0.1, 0.15) is 18.3 Å². The summed E-state index contributed by atoms with van der Waals surface area (Å²) in [5.74, 6) is 0. The maximum atomic E-state index is 12.0. The lowest BCUT2D eigenvalue weighted by Crippen LogP contribution is -2.58. The number of aliphatic hydroxyl groups is 3. The highest BCUT2D eigenvalue weighted by atomic mass is 19.3. The Balaban J connectivity index is 2.83. The minimum atomic E-state index is -1.64. The van der Waals surface area contributed by atoms with Crippen LogP contribution in [0, 0.1) is 0 Å². The Morgan fingerprint density at radius 1 is 1.47 bits per heavy atom. The quantitative estimate of drug-likeness (QED) is 0.321. The van der Waals surface area contributed by atoms with Crippen molar-refractivity contribution in [3.63, 3.8) is 0 Å². The first-order valence-corrected chi connectivity index (χ1v) is 4.09. The molecule has 1 heterocycles. The Morgan fingerprint density at radius 3 is 2.60 bits per heavy atom. The van der Waals surface area contributed by atoms with Crippen LogP contribution >= 0.6 is 0 Å². The maximum Gasteiger partial charge on any atom is 0.169 e. The Morgan fingerprint density at radius 2 is 2.13 bits per heavy atom. The Hall–Kier alpha value is -0.960. The molecule has 1 saturated heterocycles. The van der Waals surface area contributed by atoms with Crippen LogP contribution in [-0.4, -0.2) is 52.6 Å². The average molecular weight is 223 g/mol. The van der Waals surface area contributed by atoms with Crippen LogP contribution in [0.15, 0.2) is 5.11 Å². The van der Waals surface area contributed by atoms with Gasteiger partial charge in [0, 0.05) is 4.91 Å². The molecule has 0 bridgehead atoms. The molecule has 1 aliphatic heterocycles. The molecule has 1 unspecified atom stereocenters. The smallest absolute Gasteiger partial charge is 0.169 e. The number of ether oxygens (including phenoxy) is 1. The molecule has 9 heteroatoms. The highest BCUT2D eigenvalue weighted by Crippen LogP contribution is 2.24. The third-order valence-corrected chi connectivity index (χ3v) is 2.11. The Labute approximate surface area is 83.4 Å². The van der Waals surface area contributed by atoms with E-state index >= 15 is 0 Å². The largest absolute Gasteiger partial charge is 0.394 e. The van der Waals surface area contributed by atoms with Crippen molar-refractivity contribution in [3.8, 4) is 0 Å². The van der Waals surface area contributed by atoms with Crippen LogP contribution in [0.5, 0.6) is 0 Å². The summed E-state index contributed by atoms with van der Waals surface area (Å²) in [6, 6.07) is 0. The lowest BCUT2D eigenvalue weighted by Gasteiger charge is -2.38. The van der Waals surface area contributed by atoms with Gasteiger partial charge >= 0.3 is 0 Å². The third-order valence-electron chi connectivity index (χ3n) is 2.11. The fraction of sp³-hybridized carbons (Fsp3) is 1.00. The molecule has 1 fully saturated rings. The minimum Gasteiger partial charge on any atom is -0.394 e. The maximum absolute atomic E-state index is 12.0. The number of rotatable bonds is 3. The first kappa shape index (κ1) is 12.1. The zero-order valence-corrected chi connectivity index (χ0v) is 7.47.